The minimum Gasteiger partial charge on any atom is -0.468 e. The summed E-state index contributed by atoms with van der Waals surface area (Å²) >= 11 is 0. The van der Waals surface area contributed by atoms with Crippen LogP contribution in [0.15, 0.2) is 0 Å². The quantitative estimate of drug-likeness (QED) is 0.656. The first-order chi connectivity index (χ1) is 7.15. The van der Waals surface area contributed by atoms with Crippen molar-refractivity contribution in [1.29, 1.82) is 0 Å². The molecule has 0 bridgehead atoms. The summed E-state index contributed by atoms with van der Waals surface area (Å²) in [5, 5.41) is 2.84. The smallest absolute Gasteiger partial charge is 0.322 e. The van der Waals surface area contributed by atoms with Crippen molar-refractivity contribution < 1.29 is 14.3 Å². The van der Waals surface area contributed by atoms with Crippen molar-refractivity contribution >= 4 is 11.9 Å². The molecular weight excluding hydrogens is 196 g/mol. The van der Waals surface area contributed by atoms with Gasteiger partial charge in [-0.2, -0.15) is 0 Å². The lowest BCUT2D eigenvalue weighted by Gasteiger charge is -2.17. The normalized spacial score (nSPS) is 17.6. The Hall–Kier alpha value is -1.10. The van der Waals surface area contributed by atoms with E-state index in [1.807, 2.05) is 4.90 Å². The van der Waals surface area contributed by atoms with Crippen molar-refractivity contribution in [3.8, 4) is 0 Å². The Morgan fingerprint density at radius 1 is 1.40 bits per heavy atom. The van der Waals surface area contributed by atoms with Crippen molar-refractivity contribution in [3.63, 3.8) is 0 Å². The summed E-state index contributed by atoms with van der Waals surface area (Å²) in [5.41, 5.74) is 0. The molecule has 1 aliphatic heterocycles. The molecule has 1 saturated heterocycles. The highest BCUT2D eigenvalue weighted by Crippen LogP contribution is 2.06. The molecule has 1 fully saturated rings. The molecular formula is C10H18N2O3. The molecule has 5 heteroatoms. The topological polar surface area (TPSA) is 58.6 Å². The number of carbonyl (C=O) groups excluding carboxylic acids is 2. The number of esters is 1. The summed E-state index contributed by atoms with van der Waals surface area (Å²) < 4.78 is 4.54. The minimum atomic E-state index is -0.429. The number of amides is 1. The van der Waals surface area contributed by atoms with Gasteiger partial charge in [-0.1, -0.05) is 0 Å². The molecule has 0 aliphatic carbocycles. The van der Waals surface area contributed by atoms with Crippen LogP contribution in [0.1, 0.15) is 19.8 Å². The number of hydrogen-bond acceptors (Lipinski definition) is 4. The van der Waals surface area contributed by atoms with E-state index in [2.05, 4.69) is 10.1 Å². The highest BCUT2D eigenvalue weighted by Gasteiger charge is 2.19. The fraction of sp³-hybridized carbons (Fsp3) is 0.800. The van der Waals surface area contributed by atoms with Gasteiger partial charge in [0.2, 0.25) is 5.91 Å². The zero-order chi connectivity index (χ0) is 11.3. The summed E-state index contributed by atoms with van der Waals surface area (Å²) in [6.45, 7) is 3.57. The van der Waals surface area contributed by atoms with Gasteiger partial charge in [0.1, 0.15) is 6.04 Å². The van der Waals surface area contributed by atoms with E-state index in [1.165, 1.54) is 7.11 Å². The zero-order valence-electron chi connectivity index (χ0n) is 9.28. The van der Waals surface area contributed by atoms with Crippen LogP contribution < -0.4 is 5.32 Å². The van der Waals surface area contributed by atoms with Crippen molar-refractivity contribution in [2.75, 3.05) is 26.7 Å². The lowest BCUT2D eigenvalue weighted by atomic mass is 10.3. The Kier molecular flexibility index (Phi) is 4.55. The number of carbonyl (C=O) groups is 2. The maximum atomic E-state index is 11.6. The molecule has 1 aliphatic rings. The molecule has 15 heavy (non-hydrogen) atoms. The predicted octanol–water partition coefficient (Wildman–Crippen LogP) is -0.240. The van der Waals surface area contributed by atoms with E-state index in [4.69, 9.17) is 0 Å². The predicted molar refractivity (Wildman–Crippen MR) is 55.3 cm³/mol. The van der Waals surface area contributed by atoms with Crippen LogP contribution in [0.3, 0.4) is 0 Å². The summed E-state index contributed by atoms with van der Waals surface area (Å²) in [6, 6.07) is -0.429. The van der Waals surface area contributed by atoms with Gasteiger partial charge >= 0.3 is 5.97 Å². The molecule has 1 amide bonds. The SMILES string of the molecule is COC(=O)C(C)NCC(=O)N1CCCC1. The Bertz CT molecular complexity index is 237. The molecule has 1 heterocycles. The lowest BCUT2D eigenvalue weighted by molar-refractivity contribution is -0.142. The number of likely N-dealkylation sites (tertiary alicyclic amines) is 1. The number of methoxy groups -OCH3 is 1. The molecule has 0 saturated carbocycles. The van der Waals surface area contributed by atoms with Crippen LogP contribution in [0, 0.1) is 0 Å². The molecule has 86 valence electrons. The van der Waals surface area contributed by atoms with E-state index in [9.17, 15) is 9.59 Å². The Morgan fingerprint density at radius 3 is 2.53 bits per heavy atom. The number of nitrogens with zero attached hydrogens (tertiary/aromatic N) is 1. The summed E-state index contributed by atoms with van der Waals surface area (Å²) in [5.74, 6) is -0.285. The molecule has 1 rings (SSSR count). The van der Waals surface area contributed by atoms with Gasteiger partial charge in [-0.15, -0.1) is 0 Å². The van der Waals surface area contributed by atoms with Crippen LogP contribution in [0.4, 0.5) is 0 Å². The van der Waals surface area contributed by atoms with E-state index in [1.54, 1.807) is 6.92 Å². The van der Waals surface area contributed by atoms with Gasteiger partial charge in [0.05, 0.1) is 13.7 Å². The first kappa shape index (κ1) is 12.0. The van der Waals surface area contributed by atoms with E-state index < -0.39 is 6.04 Å². The number of ether oxygens (including phenoxy) is 1. The van der Waals surface area contributed by atoms with Crippen LogP contribution >= 0.6 is 0 Å². The molecule has 1 atom stereocenters. The highest BCUT2D eigenvalue weighted by atomic mass is 16.5. The van der Waals surface area contributed by atoms with Crippen molar-refractivity contribution in [3.05, 3.63) is 0 Å². The summed E-state index contributed by atoms with van der Waals surface area (Å²) in [7, 11) is 1.34. The summed E-state index contributed by atoms with van der Waals surface area (Å²) in [4.78, 5) is 24.4. The Balaban J connectivity index is 2.24. The second-order valence-corrected chi connectivity index (χ2v) is 3.71. The molecule has 5 nitrogen and oxygen atoms in total. The third-order valence-electron chi connectivity index (χ3n) is 2.57. The number of hydrogen-bond donors (Lipinski definition) is 1. The lowest BCUT2D eigenvalue weighted by Crippen LogP contribution is -2.42. The monoisotopic (exact) mass is 214 g/mol. The largest absolute Gasteiger partial charge is 0.468 e. The van der Waals surface area contributed by atoms with Gasteiger partial charge < -0.3 is 9.64 Å². The average Bonchev–Trinajstić information content (AvgIpc) is 2.77. The third kappa shape index (κ3) is 3.51. The van der Waals surface area contributed by atoms with Gasteiger partial charge in [0.25, 0.3) is 0 Å². The van der Waals surface area contributed by atoms with Crippen LogP contribution in [0.5, 0.6) is 0 Å². The number of rotatable bonds is 4. The first-order valence-corrected chi connectivity index (χ1v) is 5.24. The van der Waals surface area contributed by atoms with Crippen molar-refractivity contribution in [1.82, 2.24) is 10.2 Å². The molecule has 0 aromatic heterocycles. The van der Waals surface area contributed by atoms with Crippen LogP contribution in [-0.2, 0) is 14.3 Å². The van der Waals surface area contributed by atoms with Crippen molar-refractivity contribution in [2.24, 2.45) is 0 Å². The molecule has 1 unspecified atom stereocenters. The van der Waals surface area contributed by atoms with Gasteiger partial charge in [-0.3, -0.25) is 14.9 Å². The van der Waals surface area contributed by atoms with Gasteiger partial charge in [-0.25, -0.2) is 0 Å². The Labute approximate surface area is 89.8 Å². The highest BCUT2D eigenvalue weighted by molar-refractivity contribution is 5.80. The molecule has 0 aromatic rings. The standard InChI is InChI=1S/C10H18N2O3/c1-8(10(14)15-2)11-7-9(13)12-5-3-4-6-12/h8,11H,3-7H2,1-2H3. The van der Waals surface area contributed by atoms with E-state index in [0.717, 1.165) is 25.9 Å². The van der Waals surface area contributed by atoms with Crippen molar-refractivity contribution in [2.45, 2.75) is 25.8 Å². The van der Waals surface area contributed by atoms with Crippen LogP contribution in [-0.4, -0.2) is 49.6 Å². The maximum absolute atomic E-state index is 11.6. The molecule has 0 spiro atoms. The maximum Gasteiger partial charge on any atom is 0.322 e. The molecule has 1 N–H and O–H groups in total. The third-order valence-corrected chi connectivity index (χ3v) is 2.57. The fourth-order valence-corrected chi connectivity index (χ4v) is 1.58. The molecule has 0 aromatic carbocycles. The van der Waals surface area contributed by atoms with Crippen LogP contribution in [0.25, 0.3) is 0 Å². The average molecular weight is 214 g/mol. The second-order valence-electron chi connectivity index (χ2n) is 3.71. The van der Waals surface area contributed by atoms with Gasteiger partial charge in [-0.05, 0) is 19.8 Å². The number of nitrogens with one attached hydrogen (secondary N) is 1. The second kappa shape index (κ2) is 5.70. The van der Waals surface area contributed by atoms with E-state index in [0.29, 0.717) is 0 Å². The first-order valence-electron chi connectivity index (χ1n) is 5.24. The van der Waals surface area contributed by atoms with E-state index in [-0.39, 0.29) is 18.4 Å². The molecule has 0 radical (unpaired) electrons. The van der Waals surface area contributed by atoms with Crippen LogP contribution in [0.2, 0.25) is 0 Å². The van der Waals surface area contributed by atoms with E-state index >= 15 is 0 Å². The zero-order valence-corrected chi connectivity index (χ0v) is 9.28. The Morgan fingerprint density at radius 2 is 2.00 bits per heavy atom. The van der Waals surface area contributed by atoms with Gasteiger partial charge in [0.15, 0.2) is 0 Å². The minimum absolute atomic E-state index is 0.0586. The fourth-order valence-electron chi connectivity index (χ4n) is 1.58. The van der Waals surface area contributed by atoms with Gasteiger partial charge in [0, 0.05) is 13.1 Å². The summed E-state index contributed by atoms with van der Waals surface area (Å²) in [6.07, 6.45) is 2.16.